The molecule has 1 atom stereocenters. The molecule has 0 radical (unpaired) electrons. The lowest BCUT2D eigenvalue weighted by atomic mass is 10.1. The average molecular weight is 279 g/mol. The van der Waals surface area contributed by atoms with E-state index in [0.717, 1.165) is 24.2 Å². The van der Waals surface area contributed by atoms with Gasteiger partial charge in [0.15, 0.2) is 0 Å². The Labute approximate surface area is 124 Å². The van der Waals surface area contributed by atoms with Gasteiger partial charge in [0.25, 0.3) is 0 Å². The van der Waals surface area contributed by atoms with Crippen LogP contribution < -0.4 is 15.8 Å². The van der Waals surface area contributed by atoms with Gasteiger partial charge in [0.1, 0.15) is 11.8 Å². The van der Waals surface area contributed by atoms with Crippen LogP contribution in [-0.4, -0.2) is 7.11 Å². The Bertz CT molecular complexity index is 718. The topological polar surface area (TPSA) is 71.1 Å². The van der Waals surface area contributed by atoms with Gasteiger partial charge in [-0.25, -0.2) is 0 Å². The number of nitrogens with one attached hydrogen (secondary N) is 1. The average Bonchev–Trinajstić information content (AvgIpc) is 2.89. The van der Waals surface area contributed by atoms with Crippen LogP contribution in [0.15, 0.2) is 36.4 Å². The highest BCUT2D eigenvalue weighted by atomic mass is 16.5. The minimum absolute atomic E-state index is 0.184. The number of benzene rings is 2. The van der Waals surface area contributed by atoms with Crippen LogP contribution in [-0.2, 0) is 6.42 Å². The van der Waals surface area contributed by atoms with Crippen molar-refractivity contribution in [2.24, 2.45) is 0 Å². The second-order valence-corrected chi connectivity index (χ2v) is 5.19. The molecule has 0 saturated heterocycles. The predicted octanol–water partition coefficient (Wildman–Crippen LogP) is 3.25. The van der Waals surface area contributed by atoms with Gasteiger partial charge in [0.2, 0.25) is 0 Å². The number of para-hydroxylation sites is 1. The Morgan fingerprint density at radius 3 is 2.95 bits per heavy atom. The van der Waals surface area contributed by atoms with E-state index in [2.05, 4.69) is 17.5 Å². The number of fused-ring (bicyclic) bond motifs is 1. The highest BCUT2D eigenvalue weighted by Crippen LogP contribution is 2.38. The first-order valence-corrected chi connectivity index (χ1v) is 6.95. The molecule has 0 aliphatic heterocycles. The van der Waals surface area contributed by atoms with Crippen molar-refractivity contribution in [3.63, 3.8) is 0 Å². The molecule has 1 unspecified atom stereocenters. The summed E-state index contributed by atoms with van der Waals surface area (Å²) in [6.07, 6.45) is 1.98. The van der Waals surface area contributed by atoms with Crippen molar-refractivity contribution < 1.29 is 4.74 Å². The van der Waals surface area contributed by atoms with Crippen LogP contribution >= 0.6 is 0 Å². The van der Waals surface area contributed by atoms with E-state index in [1.165, 1.54) is 11.1 Å². The number of nitrogen functional groups attached to an aromatic ring is 1. The van der Waals surface area contributed by atoms with E-state index in [0.29, 0.717) is 11.3 Å². The first-order chi connectivity index (χ1) is 10.2. The molecule has 3 N–H and O–H groups in total. The third kappa shape index (κ3) is 2.38. The van der Waals surface area contributed by atoms with E-state index in [-0.39, 0.29) is 6.04 Å². The third-order valence-corrected chi connectivity index (χ3v) is 3.93. The lowest BCUT2D eigenvalue weighted by molar-refractivity contribution is 0.416. The molecule has 0 spiro atoms. The number of aryl methyl sites for hydroxylation is 1. The Balaban J connectivity index is 1.95. The summed E-state index contributed by atoms with van der Waals surface area (Å²) in [5.74, 6) is 0.693. The van der Waals surface area contributed by atoms with Crippen molar-refractivity contribution >= 4 is 11.4 Å². The molecule has 2 aromatic carbocycles. The smallest absolute Gasteiger partial charge is 0.143 e. The van der Waals surface area contributed by atoms with Gasteiger partial charge in [-0.1, -0.05) is 12.1 Å². The van der Waals surface area contributed by atoms with Crippen LogP contribution in [0, 0.1) is 11.3 Å². The van der Waals surface area contributed by atoms with Gasteiger partial charge >= 0.3 is 0 Å². The second kappa shape index (κ2) is 5.37. The molecule has 0 fully saturated rings. The molecule has 0 amide bonds. The Morgan fingerprint density at radius 2 is 2.19 bits per heavy atom. The summed E-state index contributed by atoms with van der Waals surface area (Å²) in [4.78, 5) is 0. The monoisotopic (exact) mass is 279 g/mol. The Hall–Kier alpha value is -2.67. The molecular formula is C17H17N3O. The molecule has 0 bridgehead atoms. The minimum atomic E-state index is 0.184. The molecular weight excluding hydrogens is 262 g/mol. The van der Waals surface area contributed by atoms with Gasteiger partial charge in [-0.2, -0.15) is 5.26 Å². The maximum atomic E-state index is 9.28. The number of nitrogens with two attached hydrogens (primary N) is 1. The van der Waals surface area contributed by atoms with Crippen molar-refractivity contribution in [1.82, 2.24) is 0 Å². The van der Waals surface area contributed by atoms with Crippen LogP contribution in [0.25, 0.3) is 0 Å². The minimum Gasteiger partial charge on any atom is -0.495 e. The summed E-state index contributed by atoms with van der Waals surface area (Å²) in [5.41, 5.74) is 10.5. The van der Waals surface area contributed by atoms with Crippen molar-refractivity contribution in [3.05, 3.63) is 53.1 Å². The number of hydrogen-bond donors (Lipinski definition) is 2. The number of ether oxygens (including phenoxy) is 1. The van der Waals surface area contributed by atoms with E-state index in [1.807, 2.05) is 24.3 Å². The zero-order chi connectivity index (χ0) is 14.8. The van der Waals surface area contributed by atoms with Crippen LogP contribution in [0.4, 0.5) is 11.4 Å². The summed E-state index contributed by atoms with van der Waals surface area (Å²) < 4.78 is 5.37. The summed E-state index contributed by atoms with van der Waals surface area (Å²) in [7, 11) is 1.62. The van der Waals surface area contributed by atoms with Gasteiger partial charge in [0.05, 0.1) is 24.4 Å². The number of nitriles is 1. The lowest BCUT2D eigenvalue weighted by Gasteiger charge is -2.19. The number of anilines is 2. The molecule has 21 heavy (non-hydrogen) atoms. The van der Waals surface area contributed by atoms with E-state index in [1.54, 1.807) is 13.2 Å². The summed E-state index contributed by atoms with van der Waals surface area (Å²) in [6.45, 7) is 0. The lowest BCUT2D eigenvalue weighted by Crippen LogP contribution is -2.09. The fourth-order valence-electron chi connectivity index (χ4n) is 2.90. The molecule has 0 heterocycles. The molecule has 0 aromatic heterocycles. The summed E-state index contributed by atoms with van der Waals surface area (Å²) in [6, 6.07) is 13.9. The second-order valence-electron chi connectivity index (χ2n) is 5.19. The normalized spacial score (nSPS) is 16.1. The Morgan fingerprint density at radius 1 is 1.33 bits per heavy atom. The summed E-state index contributed by atoms with van der Waals surface area (Å²) >= 11 is 0. The van der Waals surface area contributed by atoms with Crippen molar-refractivity contribution in [2.75, 3.05) is 18.2 Å². The van der Waals surface area contributed by atoms with Gasteiger partial charge < -0.3 is 15.8 Å². The number of nitrogens with zero attached hydrogens (tertiary/aromatic N) is 1. The first-order valence-electron chi connectivity index (χ1n) is 6.95. The number of rotatable bonds is 3. The quantitative estimate of drug-likeness (QED) is 0.846. The van der Waals surface area contributed by atoms with E-state index < -0.39 is 0 Å². The fraction of sp³-hybridized carbons (Fsp3) is 0.235. The van der Waals surface area contributed by atoms with Crippen LogP contribution in [0.1, 0.15) is 29.2 Å². The molecule has 1 aliphatic rings. The fourth-order valence-corrected chi connectivity index (χ4v) is 2.90. The molecule has 1 aliphatic carbocycles. The molecule has 3 rings (SSSR count). The highest BCUT2D eigenvalue weighted by molar-refractivity contribution is 5.67. The highest BCUT2D eigenvalue weighted by Gasteiger charge is 2.24. The number of hydrogen-bond acceptors (Lipinski definition) is 4. The molecule has 106 valence electrons. The van der Waals surface area contributed by atoms with Crippen LogP contribution in [0.2, 0.25) is 0 Å². The SMILES string of the molecule is COc1cccc(C#N)c1NC1CCc2cc(N)ccc21. The number of methoxy groups -OCH3 is 1. The molecule has 4 heteroatoms. The summed E-state index contributed by atoms with van der Waals surface area (Å²) in [5, 5.41) is 12.7. The molecule has 4 nitrogen and oxygen atoms in total. The van der Waals surface area contributed by atoms with Crippen molar-refractivity contribution in [2.45, 2.75) is 18.9 Å². The van der Waals surface area contributed by atoms with Gasteiger partial charge in [0, 0.05) is 5.69 Å². The van der Waals surface area contributed by atoms with E-state index in [9.17, 15) is 5.26 Å². The predicted molar refractivity (Wildman–Crippen MR) is 83.2 cm³/mol. The van der Waals surface area contributed by atoms with Crippen molar-refractivity contribution in [1.29, 1.82) is 5.26 Å². The first kappa shape index (κ1) is 13.3. The molecule has 2 aromatic rings. The Kier molecular flexibility index (Phi) is 3.41. The largest absolute Gasteiger partial charge is 0.495 e. The zero-order valence-electron chi connectivity index (χ0n) is 11.9. The van der Waals surface area contributed by atoms with Gasteiger partial charge in [-0.15, -0.1) is 0 Å². The van der Waals surface area contributed by atoms with E-state index >= 15 is 0 Å². The van der Waals surface area contributed by atoms with Crippen LogP contribution in [0.3, 0.4) is 0 Å². The van der Waals surface area contributed by atoms with Gasteiger partial charge in [-0.3, -0.25) is 0 Å². The standard InChI is InChI=1S/C17H17N3O/c1-21-16-4-2-3-12(10-18)17(16)20-15-8-5-11-9-13(19)6-7-14(11)15/h2-4,6-7,9,15,20H,5,8,19H2,1H3. The van der Waals surface area contributed by atoms with E-state index in [4.69, 9.17) is 10.5 Å². The maximum Gasteiger partial charge on any atom is 0.143 e. The molecule has 0 saturated carbocycles. The van der Waals surface area contributed by atoms with Crippen molar-refractivity contribution in [3.8, 4) is 11.8 Å². The zero-order valence-corrected chi connectivity index (χ0v) is 11.9. The van der Waals surface area contributed by atoms with Crippen LogP contribution in [0.5, 0.6) is 5.75 Å². The third-order valence-electron chi connectivity index (χ3n) is 3.93. The van der Waals surface area contributed by atoms with Gasteiger partial charge in [-0.05, 0) is 48.2 Å². The maximum absolute atomic E-state index is 9.28.